The Hall–Kier alpha value is -2.05. The molecule has 18 heavy (non-hydrogen) atoms. The zero-order chi connectivity index (χ0) is 14.0. The maximum atomic E-state index is 13.8. The molecule has 0 fully saturated rings. The van der Waals surface area contributed by atoms with Gasteiger partial charge in [-0.1, -0.05) is 0 Å². The maximum Gasteiger partial charge on any atom is 0.341 e. The van der Waals surface area contributed by atoms with Gasteiger partial charge < -0.3 is 9.47 Å². The Bertz CT molecular complexity index is 526. The van der Waals surface area contributed by atoms with Crippen molar-refractivity contribution in [3.05, 3.63) is 28.6 Å². The van der Waals surface area contributed by atoms with Crippen molar-refractivity contribution in [1.29, 1.82) is 0 Å². The summed E-state index contributed by atoms with van der Waals surface area (Å²) in [4.78, 5) is 22.5. The van der Waals surface area contributed by atoms with Crippen LogP contribution in [-0.2, 0) is 4.74 Å². The van der Waals surface area contributed by atoms with Crippen molar-refractivity contribution in [3.8, 4) is 5.75 Å². The molecule has 0 bridgehead atoms. The highest BCUT2D eigenvalue weighted by Gasteiger charge is 2.32. The van der Waals surface area contributed by atoms with Crippen LogP contribution < -0.4 is 4.74 Å². The summed E-state index contributed by atoms with van der Waals surface area (Å²) in [6.07, 6.45) is 0. The van der Waals surface area contributed by atoms with E-state index in [9.17, 15) is 22.8 Å². The van der Waals surface area contributed by atoms with E-state index in [0.717, 1.165) is 21.1 Å². The lowest BCUT2D eigenvalue weighted by Gasteiger charge is -2.12. The highest BCUT2D eigenvalue weighted by molar-refractivity contribution is 6.06. The number of ketones is 1. The standard InChI is InChI=1S/C11H9F3O4/c1-4(15)5-6(11(16)18-3)7(12)9(14)10(17-2)8(5)13/h1-3H3. The molecule has 1 aromatic rings. The quantitative estimate of drug-likeness (QED) is 0.475. The van der Waals surface area contributed by atoms with Gasteiger partial charge in [0.25, 0.3) is 0 Å². The number of esters is 1. The first-order valence-corrected chi connectivity index (χ1v) is 4.70. The number of halogens is 3. The van der Waals surface area contributed by atoms with Crippen molar-refractivity contribution in [2.45, 2.75) is 6.92 Å². The summed E-state index contributed by atoms with van der Waals surface area (Å²) >= 11 is 0. The molecule has 98 valence electrons. The molecule has 0 aliphatic rings. The van der Waals surface area contributed by atoms with Gasteiger partial charge in [-0.25, -0.2) is 13.6 Å². The van der Waals surface area contributed by atoms with E-state index in [4.69, 9.17) is 0 Å². The number of ether oxygens (including phenoxy) is 2. The molecule has 0 atom stereocenters. The SMILES string of the molecule is COC(=O)c1c(F)c(F)c(OC)c(F)c1C(C)=O. The maximum absolute atomic E-state index is 13.8. The lowest BCUT2D eigenvalue weighted by molar-refractivity contribution is 0.0589. The van der Waals surface area contributed by atoms with Gasteiger partial charge in [0.2, 0.25) is 5.82 Å². The third-order valence-electron chi connectivity index (χ3n) is 2.23. The van der Waals surface area contributed by atoms with Gasteiger partial charge >= 0.3 is 5.97 Å². The number of methoxy groups -OCH3 is 2. The average Bonchev–Trinajstić information content (AvgIpc) is 2.32. The molecule has 0 spiro atoms. The first kappa shape index (κ1) is 14.0. The van der Waals surface area contributed by atoms with Crippen molar-refractivity contribution in [2.24, 2.45) is 0 Å². The average molecular weight is 262 g/mol. The molecule has 1 aromatic carbocycles. The predicted molar refractivity (Wildman–Crippen MR) is 54.2 cm³/mol. The minimum absolute atomic E-state index is 0.895. The monoisotopic (exact) mass is 262 g/mol. The van der Waals surface area contributed by atoms with E-state index in [1.165, 1.54) is 0 Å². The van der Waals surface area contributed by atoms with E-state index in [1.807, 2.05) is 0 Å². The molecular formula is C11H9F3O4. The molecule has 0 heterocycles. The Morgan fingerprint density at radius 1 is 0.944 bits per heavy atom. The van der Waals surface area contributed by atoms with E-state index in [0.29, 0.717) is 0 Å². The lowest BCUT2D eigenvalue weighted by atomic mass is 10.0. The van der Waals surface area contributed by atoms with Gasteiger partial charge in [-0.3, -0.25) is 4.79 Å². The van der Waals surface area contributed by atoms with E-state index < -0.39 is 46.1 Å². The number of rotatable bonds is 3. The van der Waals surface area contributed by atoms with Gasteiger partial charge in [0.15, 0.2) is 23.2 Å². The third-order valence-corrected chi connectivity index (χ3v) is 2.23. The second kappa shape index (κ2) is 5.07. The second-order valence-electron chi connectivity index (χ2n) is 3.27. The van der Waals surface area contributed by atoms with Crippen molar-refractivity contribution < 1.29 is 32.2 Å². The van der Waals surface area contributed by atoms with Crippen LogP contribution >= 0.6 is 0 Å². The summed E-state index contributed by atoms with van der Waals surface area (Å²) in [6, 6.07) is 0. The lowest BCUT2D eigenvalue weighted by Crippen LogP contribution is -2.16. The molecule has 0 aromatic heterocycles. The van der Waals surface area contributed by atoms with Gasteiger partial charge in [-0.2, -0.15) is 4.39 Å². The van der Waals surface area contributed by atoms with Crippen molar-refractivity contribution >= 4 is 11.8 Å². The first-order chi connectivity index (χ1) is 8.36. The van der Waals surface area contributed by atoms with Crippen LogP contribution in [0.25, 0.3) is 0 Å². The van der Waals surface area contributed by atoms with Crippen LogP contribution in [-0.4, -0.2) is 26.0 Å². The predicted octanol–water partition coefficient (Wildman–Crippen LogP) is 2.10. The smallest absolute Gasteiger partial charge is 0.341 e. The highest BCUT2D eigenvalue weighted by atomic mass is 19.2. The van der Waals surface area contributed by atoms with Crippen molar-refractivity contribution in [1.82, 2.24) is 0 Å². The summed E-state index contributed by atoms with van der Waals surface area (Å²) in [5.41, 5.74) is -1.99. The highest BCUT2D eigenvalue weighted by Crippen LogP contribution is 2.31. The normalized spacial score (nSPS) is 10.1. The number of benzene rings is 1. The van der Waals surface area contributed by atoms with E-state index in [1.54, 1.807) is 0 Å². The molecule has 7 heteroatoms. The number of Topliss-reactive ketones (excluding diaryl/α,β-unsaturated/α-hetero) is 1. The molecule has 0 saturated carbocycles. The minimum Gasteiger partial charge on any atom is -0.491 e. The van der Waals surface area contributed by atoms with E-state index in [-0.39, 0.29) is 0 Å². The Balaban J connectivity index is 3.80. The fourth-order valence-corrected chi connectivity index (χ4v) is 1.44. The Kier molecular flexibility index (Phi) is 3.95. The number of carbonyl (C=O) groups is 2. The summed E-state index contributed by atoms with van der Waals surface area (Å²) in [7, 11) is 1.80. The van der Waals surface area contributed by atoms with E-state index >= 15 is 0 Å². The fourth-order valence-electron chi connectivity index (χ4n) is 1.44. The van der Waals surface area contributed by atoms with Gasteiger partial charge in [0.1, 0.15) is 5.56 Å². The summed E-state index contributed by atoms with van der Waals surface area (Å²) in [5, 5.41) is 0. The zero-order valence-corrected chi connectivity index (χ0v) is 9.77. The molecule has 4 nitrogen and oxygen atoms in total. The summed E-state index contributed by atoms with van der Waals surface area (Å²) < 4.78 is 49.3. The van der Waals surface area contributed by atoms with Gasteiger partial charge in [0, 0.05) is 0 Å². The molecule has 0 aliphatic heterocycles. The van der Waals surface area contributed by atoms with E-state index in [2.05, 4.69) is 9.47 Å². The van der Waals surface area contributed by atoms with Crippen molar-refractivity contribution in [2.75, 3.05) is 14.2 Å². The molecule has 0 radical (unpaired) electrons. The summed E-state index contributed by atoms with van der Waals surface area (Å²) in [6.45, 7) is 0.904. The van der Waals surface area contributed by atoms with Crippen LogP contribution in [0, 0.1) is 17.5 Å². The van der Waals surface area contributed by atoms with Crippen molar-refractivity contribution in [3.63, 3.8) is 0 Å². The van der Waals surface area contributed by atoms with Crippen LogP contribution in [0.3, 0.4) is 0 Å². The minimum atomic E-state index is -1.69. The first-order valence-electron chi connectivity index (χ1n) is 4.70. The fraction of sp³-hybridized carbons (Fsp3) is 0.273. The van der Waals surface area contributed by atoms with Crippen LogP contribution in [0.15, 0.2) is 0 Å². The van der Waals surface area contributed by atoms with Gasteiger partial charge in [-0.15, -0.1) is 0 Å². The van der Waals surface area contributed by atoms with Crippen LogP contribution in [0.1, 0.15) is 27.6 Å². The van der Waals surface area contributed by atoms with Crippen LogP contribution in [0.4, 0.5) is 13.2 Å². The number of carbonyl (C=O) groups excluding carboxylic acids is 2. The third kappa shape index (κ3) is 2.03. The van der Waals surface area contributed by atoms with Crippen LogP contribution in [0.5, 0.6) is 5.75 Å². The molecule has 0 N–H and O–H groups in total. The Labute approximate surface area is 100 Å². The second-order valence-corrected chi connectivity index (χ2v) is 3.27. The summed E-state index contributed by atoms with van der Waals surface area (Å²) in [5.74, 6) is -8.19. The number of hydrogen-bond donors (Lipinski definition) is 0. The molecule has 1 rings (SSSR count). The van der Waals surface area contributed by atoms with Crippen LogP contribution in [0.2, 0.25) is 0 Å². The molecule has 0 aliphatic carbocycles. The Morgan fingerprint density at radius 2 is 1.50 bits per heavy atom. The zero-order valence-electron chi connectivity index (χ0n) is 9.77. The molecular weight excluding hydrogens is 253 g/mol. The van der Waals surface area contributed by atoms with Gasteiger partial charge in [-0.05, 0) is 6.92 Å². The van der Waals surface area contributed by atoms with Gasteiger partial charge in [0.05, 0.1) is 19.8 Å². The Morgan fingerprint density at radius 3 is 1.89 bits per heavy atom. The number of hydrogen-bond acceptors (Lipinski definition) is 4. The largest absolute Gasteiger partial charge is 0.491 e. The topological polar surface area (TPSA) is 52.6 Å². The molecule has 0 amide bonds. The molecule has 0 saturated heterocycles. The molecule has 0 unspecified atom stereocenters.